The van der Waals surface area contributed by atoms with E-state index in [1.807, 2.05) is 35.1 Å². The van der Waals surface area contributed by atoms with Gasteiger partial charge in [-0.1, -0.05) is 17.0 Å². The first-order chi connectivity index (χ1) is 16.1. The van der Waals surface area contributed by atoms with Crippen molar-refractivity contribution in [2.24, 2.45) is 5.92 Å². The topological polar surface area (TPSA) is 74.3 Å². The molecule has 1 aliphatic carbocycles. The molecule has 2 heterocycles. The van der Waals surface area contributed by atoms with E-state index in [0.29, 0.717) is 29.6 Å². The highest BCUT2D eigenvalue weighted by molar-refractivity contribution is 8.00. The second-order valence-corrected chi connectivity index (χ2v) is 8.82. The van der Waals surface area contributed by atoms with E-state index in [1.54, 1.807) is 20.4 Å². The molecular weight excluding hydrogens is 436 g/mol. The standard InChI is InChI=1S/C25H24N4O3S/c1-16-11-20(30-2)23(14-19(16)8-7-17-5-6-17)33-28-25-24-21(31-3)12-18(13-22(24)32-27-25)15-29-10-4-9-26-29/h4,9-14,17H,5-6,15H2,1-3H3,(H,27,28). The van der Waals surface area contributed by atoms with Gasteiger partial charge < -0.3 is 18.7 Å². The van der Waals surface area contributed by atoms with Crippen LogP contribution >= 0.6 is 11.9 Å². The third-order valence-corrected chi connectivity index (χ3v) is 6.31. The van der Waals surface area contributed by atoms with Crippen molar-refractivity contribution in [2.45, 2.75) is 31.2 Å². The molecule has 1 saturated carbocycles. The van der Waals surface area contributed by atoms with Crippen LogP contribution in [0, 0.1) is 24.7 Å². The Labute approximate surface area is 196 Å². The molecule has 8 heteroatoms. The van der Waals surface area contributed by atoms with E-state index in [4.69, 9.17) is 14.0 Å². The molecule has 0 amide bonds. The van der Waals surface area contributed by atoms with Gasteiger partial charge in [0.15, 0.2) is 11.4 Å². The molecule has 0 bridgehead atoms. The molecule has 1 fully saturated rings. The van der Waals surface area contributed by atoms with Crippen LogP contribution in [0.25, 0.3) is 11.0 Å². The molecule has 7 nitrogen and oxygen atoms in total. The van der Waals surface area contributed by atoms with Crippen LogP contribution in [0.3, 0.4) is 0 Å². The maximum atomic E-state index is 5.66. The van der Waals surface area contributed by atoms with Crippen LogP contribution < -0.4 is 14.2 Å². The molecule has 33 heavy (non-hydrogen) atoms. The minimum absolute atomic E-state index is 0.549. The number of rotatable bonds is 7. The Bertz CT molecular complexity index is 1350. The Balaban J connectivity index is 1.41. The van der Waals surface area contributed by atoms with Gasteiger partial charge in [0.05, 0.1) is 25.7 Å². The number of nitrogens with one attached hydrogen (secondary N) is 1. The summed E-state index contributed by atoms with van der Waals surface area (Å²) in [5, 5.41) is 9.29. The largest absolute Gasteiger partial charge is 0.496 e. The fraction of sp³-hybridized carbons (Fsp3) is 0.280. The van der Waals surface area contributed by atoms with Crippen LogP contribution in [0.5, 0.6) is 11.5 Å². The predicted octanol–water partition coefficient (Wildman–Crippen LogP) is 5.28. The molecular formula is C25H24N4O3S. The lowest BCUT2D eigenvalue weighted by Gasteiger charge is -2.11. The van der Waals surface area contributed by atoms with Crippen molar-refractivity contribution in [1.82, 2.24) is 14.9 Å². The van der Waals surface area contributed by atoms with E-state index in [-0.39, 0.29) is 0 Å². The second kappa shape index (κ2) is 9.12. The number of aryl methyl sites for hydroxylation is 1. The van der Waals surface area contributed by atoms with E-state index in [2.05, 4.69) is 39.8 Å². The SMILES string of the molecule is COc1cc(C)c(C#CC2CC2)cc1SNc1noc2cc(Cn3cccn3)cc(OC)c12. The predicted molar refractivity (Wildman–Crippen MR) is 129 cm³/mol. The van der Waals surface area contributed by atoms with Gasteiger partial charge >= 0.3 is 0 Å². The molecule has 1 aliphatic rings. The summed E-state index contributed by atoms with van der Waals surface area (Å²) in [5.74, 6) is 9.27. The third-order valence-electron chi connectivity index (χ3n) is 5.48. The van der Waals surface area contributed by atoms with Gasteiger partial charge in [-0.3, -0.25) is 4.68 Å². The quantitative estimate of drug-likeness (QED) is 0.297. The average Bonchev–Trinajstić information content (AvgIpc) is 3.34. The Morgan fingerprint density at radius 1 is 1.18 bits per heavy atom. The number of methoxy groups -OCH3 is 2. The van der Waals surface area contributed by atoms with Crippen LogP contribution in [-0.2, 0) is 6.54 Å². The van der Waals surface area contributed by atoms with Gasteiger partial charge in [0.2, 0.25) is 0 Å². The molecule has 1 N–H and O–H groups in total. The average molecular weight is 461 g/mol. The third kappa shape index (κ3) is 4.64. The first-order valence-corrected chi connectivity index (χ1v) is 11.5. The summed E-state index contributed by atoms with van der Waals surface area (Å²) < 4.78 is 22.0. The molecule has 0 spiro atoms. The van der Waals surface area contributed by atoms with Crippen molar-refractivity contribution < 1.29 is 14.0 Å². The van der Waals surface area contributed by atoms with E-state index in [1.165, 1.54) is 24.8 Å². The Morgan fingerprint density at radius 3 is 2.76 bits per heavy atom. The van der Waals surface area contributed by atoms with Gasteiger partial charge in [-0.25, -0.2) is 0 Å². The first-order valence-electron chi connectivity index (χ1n) is 10.7. The Morgan fingerprint density at radius 2 is 2.03 bits per heavy atom. The molecule has 5 rings (SSSR count). The summed E-state index contributed by atoms with van der Waals surface area (Å²) in [7, 11) is 3.31. The highest BCUT2D eigenvalue weighted by Crippen LogP contribution is 2.38. The number of anilines is 1. The smallest absolute Gasteiger partial charge is 0.191 e. The van der Waals surface area contributed by atoms with Crippen molar-refractivity contribution >= 4 is 28.7 Å². The van der Waals surface area contributed by atoms with Gasteiger partial charge in [0.1, 0.15) is 16.9 Å². The second-order valence-electron chi connectivity index (χ2n) is 7.97. The van der Waals surface area contributed by atoms with E-state index in [0.717, 1.165) is 32.7 Å². The van der Waals surface area contributed by atoms with Gasteiger partial charge in [-0.2, -0.15) is 5.10 Å². The van der Waals surface area contributed by atoms with Crippen molar-refractivity contribution in [3.05, 3.63) is 59.4 Å². The lowest BCUT2D eigenvalue weighted by molar-refractivity contribution is 0.404. The molecule has 0 radical (unpaired) electrons. The molecule has 4 aromatic rings. The van der Waals surface area contributed by atoms with E-state index in [9.17, 15) is 0 Å². The molecule has 0 aliphatic heterocycles. The molecule has 168 valence electrons. The minimum Gasteiger partial charge on any atom is -0.496 e. The van der Waals surface area contributed by atoms with Gasteiger partial charge in [0.25, 0.3) is 0 Å². The fourth-order valence-electron chi connectivity index (χ4n) is 3.54. The molecule has 0 saturated heterocycles. The zero-order valence-corrected chi connectivity index (χ0v) is 19.5. The number of aromatic nitrogens is 3. The van der Waals surface area contributed by atoms with Crippen LogP contribution in [0.1, 0.15) is 29.5 Å². The highest BCUT2D eigenvalue weighted by Gasteiger charge is 2.19. The summed E-state index contributed by atoms with van der Waals surface area (Å²) in [6.07, 6.45) is 6.08. The van der Waals surface area contributed by atoms with E-state index < -0.39 is 0 Å². The van der Waals surface area contributed by atoms with Crippen molar-refractivity contribution in [3.63, 3.8) is 0 Å². The summed E-state index contributed by atoms with van der Waals surface area (Å²) in [6, 6.07) is 9.91. The number of fused-ring (bicyclic) bond motifs is 1. The zero-order valence-electron chi connectivity index (χ0n) is 18.7. The van der Waals surface area contributed by atoms with Gasteiger partial charge in [-0.15, -0.1) is 0 Å². The van der Waals surface area contributed by atoms with Gasteiger partial charge in [-0.05, 0) is 73.2 Å². The van der Waals surface area contributed by atoms with Crippen LogP contribution in [0.2, 0.25) is 0 Å². The maximum absolute atomic E-state index is 5.66. The van der Waals surface area contributed by atoms with Crippen molar-refractivity contribution in [1.29, 1.82) is 0 Å². The van der Waals surface area contributed by atoms with Crippen molar-refractivity contribution in [3.8, 4) is 23.3 Å². The number of hydrogen-bond donors (Lipinski definition) is 1. The fourth-order valence-corrected chi connectivity index (χ4v) is 4.30. The Hall–Kier alpha value is -3.57. The number of hydrogen-bond acceptors (Lipinski definition) is 7. The minimum atomic E-state index is 0.549. The maximum Gasteiger partial charge on any atom is 0.191 e. The number of nitrogens with zero attached hydrogens (tertiary/aromatic N) is 3. The first kappa shape index (κ1) is 21.3. The number of ether oxygens (including phenoxy) is 2. The molecule has 2 aromatic heterocycles. The summed E-state index contributed by atoms with van der Waals surface area (Å²) >= 11 is 1.41. The van der Waals surface area contributed by atoms with Crippen LogP contribution in [-0.4, -0.2) is 29.2 Å². The molecule has 0 atom stereocenters. The summed E-state index contributed by atoms with van der Waals surface area (Å²) in [6.45, 7) is 2.67. The van der Waals surface area contributed by atoms with Crippen LogP contribution in [0.4, 0.5) is 5.82 Å². The molecule has 0 unspecified atom stereocenters. The highest BCUT2D eigenvalue weighted by atomic mass is 32.2. The van der Waals surface area contributed by atoms with E-state index >= 15 is 0 Å². The summed E-state index contributed by atoms with van der Waals surface area (Å²) in [4.78, 5) is 0.925. The summed E-state index contributed by atoms with van der Waals surface area (Å²) in [5.41, 5.74) is 3.77. The lowest BCUT2D eigenvalue weighted by atomic mass is 10.1. The molecule has 2 aromatic carbocycles. The number of benzene rings is 2. The van der Waals surface area contributed by atoms with Crippen LogP contribution in [0.15, 0.2) is 52.1 Å². The zero-order chi connectivity index (χ0) is 22.8. The van der Waals surface area contributed by atoms with Crippen molar-refractivity contribution in [2.75, 3.05) is 18.9 Å². The lowest BCUT2D eigenvalue weighted by Crippen LogP contribution is -2.00. The monoisotopic (exact) mass is 460 g/mol. The Kier molecular flexibility index (Phi) is 5.88. The normalized spacial score (nSPS) is 12.9. The van der Waals surface area contributed by atoms with Gasteiger partial charge in [0, 0.05) is 23.9 Å².